The molecule has 3 N–H and O–H groups in total. The Morgan fingerprint density at radius 1 is 1.25 bits per heavy atom. The van der Waals surface area contributed by atoms with Crippen LogP contribution in [0.4, 0.5) is 4.79 Å². The first-order valence-corrected chi connectivity index (χ1v) is 8.18. The molecule has 2 aromatic rings. The van der Waals surface area contributed by atoms with Gasteiger partial charge < -0.3 is 20.5 Å². The minimum Gasteiger partial charge on any atom is -0.491 e. The summed E-state index contributed by atoms with van der Waals surface area (Å²) in [5.74, 6) is 0.636. The van der Waals surface area contributed by atoms with Crippen molar-refractivity contribution >= 4 is 29.2 Å². The highest BCUT2D eigenvalue weighted by Crippen LogP contribution is 2.31. The van der Waals surface area contributed by atoms with Gasteiger partial charge in [-0.3, -0.25) is 0 Å². The molecule has 126 valence electrons. The highest BCUT2D eigenvalue weighted by Gasteiger charge is 2.30. The maximum Gasteiger partial charge on any atom is 0.315 e. The van der Waals surface area contributed by atoms with Crippen molar-refractivity contribution in [2.75, 3.05) is 6.61 Å². The number of amides is 2. The summed E-state index contributed by atoms with van der Waals surface area (Å²) < 4.78 is 5.56. The van der Waals surface area contributed by atoms with Crippen LogP contribution in [0.1, 0.15) is 17.2 Å². The van der Waals surface area contributed by atoms with Crippen molar-refractivity contribution in [2.45, 2.75) is 18.7 Å². The minimum absolute atomic E-state index is 0.202. The molecule has 0 spiro atoms. The van der Waals surface area contributed by atoms with Crippen molar-refractivity contribution in [1.82, 2.24) is 10.6 Å². The molecule has 1 aliphatic heterocycles. The maximum atomic E-state index is 12.1. The molecular formula is C17H16Cl2N2O3. The van der Waals surface area contributed by atoms with E-state index in [1.165, 1.54) is 0 Å². The number of ether oxygens (including phenoxy) is 1. The van der Waals surface area contributed by atoms with Crippen LogP contribution in [0.15, 0.2) is 42.5 Å². The summed E-state index contributed by atoms with van der Waals surface area (Å²) in [6.07, 6.45) is -0.820. The molecule has 0 bridgehead atoms. The number of aliphatic hydroxyl groups is 1. The average molecular weight is 367 g/mol. The largest absolute Gasteiger partial charge is 0.491 e. The molecule has 0 saturated carbocycles. The number of hydrogen-bond acceptors (Lipinski definition) is 3. The summed E-state index contributed by atoms with van der Waals surface area (Å²) in [5.41, 5.74) is 1.41. The van der Waals surface area contributed by atoms with Crippen LogP contribution in [0.3, 0.4) is 0 Å². The predicted octanol–water partition coefficient (Wildman–Crippen LogP) is 3.29. The van der Waals surface area contributed by atoms with Gasteiger partial charge in [-0.25, -0.2) is 4.79 Å². The number of hydrogen-bond donors (Lipinski definition) is 3. The highest BCUT2D eigenvalue weighted by atomic mass is 35.5. The van der Waals surface area contributed by atoms with E-state index in [1.807, 2.05) is 12.1 Å². The van der Waals surface area contributed by atoms with E-state index in [4.69, 9.17) is 27.9 Å². The van der Waals surface area contributed by atoms with Gasteiger partial charge in [-0.2, -0.15) is 0 Å². The topological polar surface area (TPSA) is 70.6 Å². The van der Waals surface area contributed by atoms with Crippen LogP contribution < -0.4 is 15.4 Å². The third-order valence-electron chi connectivity index (χ3n) is 3.81. The number of carbonyl (C=O) groups is 1. The monoisotopic (exact) mass is 366 g/mol. The Labute approximate surface area is 149 Å². The lowest BCUT2D eigenvalue weighted by Gasteiger charge is -2.30. The van der Waals surface area contributed by atoms with E-state index in [1.54, 1.807) is 30.3 Å². The predicted molar refractivity (Wildman–Crippen MR) is 92.5 cm³/mol. The highest BCUT2D eigenvalue weighted by molar-refractivity contribution is 6.35. The van der Waals surface area contributed by atoms with Gasteiger partial charge >= 0.3 is 6.03 Å². The first-order valence-electron chi connectivity index (χ1n) is 7.42. The Kier molecular flexibility index (Phi) is 5.14. The average Bonchev–Trinajstić information content (AvgIpc) is 2.57. The fourth-order valence-electron chi connectivity index (χ4n) is 2.52. The summed E-state index contributed by atoms with van der Waals surface area (Å²) in [6, 6.07) is 11.4. The lowest BCUT2D eigenvalue weighted by atomic mass is 9.99. The normalized spacial score (nSPS) is 19.1. The lowest BCUT2D eigenvalue weighted by Crippen LogP contribution is -2.49. The Morgan fingerprint density at radius 3 is 2.83 bits per heavy atom. The second-order valence-corrected chi connectivity index (χ2v) is 6.31. The van der Waals surface area contributed by atoms with E-state index < -0.39 is 18.2 Å². The molecule has 2 amide bonds. The standard InChI is InChI=1S/C17H16Cl2N2O3/c18-11-6-5-10(13(19)7-11)8-20-17(23)21-14-9-24-15-4-2-1-3-12(15)16(14)22/h1-7,14,16,22H,8-9H2,(H2,20,21,23). The van der Waals surface area contributed by atoms with Crippen LogP contribution >= 0.6 is 23.2 Å². The molecule has 1 aliphatic rings. The molecule has 5 nitrogen and oxygen atoms in total. The molecule has 2 aromatic carbocycles. The van der Waals surface area contributed by atoms with Crippen molar-refractivity contribution in [1.29, 1.82) is 0 Å². The summed E-state index contributed by atoms with van der Waals surface area (Å²) in [6.45, 7) is 0.454. The van der Waals surface area contributed by atoms with Gasteiger partial charge in [-0.15, -0.1) is 0 Å². The van der Waals surface area contributed by atoms with Crippen molar-refractivity contribution in [3.8, 4) is 5.75 Å². The van der Waals surface area contributed by atoms with Crippen LogP contribution in [0.2, 0.25) is 10.0 Å². The van der Waals surface area contributed by atoms with Crippen LogP contribution in [0.5, 0.6) is 5.75 Å². The van der Waals surface area contributed by atoms with E-state index in [9.17, 15) is 9.90 Å². The maximum absolute atomic E-state index is 12.1. The third kappa shape index (κ3) is 3.75. The summed E-state index contributed by atoms with van der Waals surface area (Å²) >= 11 is 11.9. The number of para-hydroxylation sites is 1. The molecular weight excluding hydrogens is 351 g/mol. The number of nitrogens with one attached hydrogen (secondary N) is 2. The second-order valence-electron chi connectivity index (χ2n) is 5.46. The van der Waals surface area contributed by atoms with Crippen molar-refractivity contribution in [3.63, 3.8) is 0 Å². The smallest absolute Gasteiger partial charge is 0.315 e. The quantitative estimate of drug-likeness (QED) is 0.780. The van der Waals surface area contributed by atoms with Crippen molar-refractivity contribution < 1.29 is 14.6 Å². The Bertz CT molecular complexity index is 754. The number of fused-ring (bicyclic) bond motifs is 1. The SMILES string of the molecule is O=C(NCc1ccc(Cl)cc1Cl)NC1COc2ccccc2C1O. The lowest BCUT2D eigenvalue weighted by molar-refractivity contribution is 0.0774. The summed E-state index contributed by atoms with van der Waals surface area (Å²) in [5, 5.41) is 16.8. The Morgan fingerprint density at radius 2 is 2.04 bits per heavy atom. The molecule has 0 radical (unpaired) electrons. The number of aliphatic hydroxyl groups excluding tert-OH is 1. The Hall–Kier alpha value is -1.95. The second kappa shape index (κ2) is 7.30. The molecule has 2 unspecified atom stereocenters. The zero-order valence-corrected chi connectivity index (χ0v) is 14.1. The van der Waals surface area contributed by atoms with Crippen LogP contribution in [0.25, 0.3) is 0 Å². The number of urea groups is 1. The third-order valence-corrected chi connectivity index (χ3v) is 4.40. The molecule has 24 heavy (non-hydrogen) atoms. The van der Waals surface area contributed by atoms with E-state index >= 15 is 0 Å². The molecule has 0 fully saturated rings. The molecule has 0 aliphatic carbocycles. The van der Waals surface area contributed by atoms with Crippen molar-refractivity contribution in [2.24, 2.45) is 0 Å². The fourth-order valence-corrected chi connectivity index (χ4v) is 3.00. The number of rotatable bonds is 3. The minimum atomic E-state index is -0.820. The van der Waals surface area contributed by atoms with Crippen LogP contribution in [-0.2, 0) is 6.54 Å². The van der Waals surface area contributed by atoms with E-state index in [-0.39, 0.29) is 13.2 Å². The van der Waals surface area contributed by atoms with Gasteiger partial charge in [-0.1, -0.05) is 47.5 Å². The van der Waals surface area contributed by atoms with Gasteiger partial charge in [0.15, 0.2) is 0 Å². The molecule has 0 saturated heterocycles. The number of benzene rings is 2. The van der Waals surface area contributed by atoms with E-state index in [2.05, 4.69) is 10.6 Å². The van der Waals surface area contributed by atoms with Gasteiger partial charge in [0, 0.05) is 22.2 Å². The molecule has 7 heteroatoms. The van der Waals surface area contributed by atoms with E-state index in [0.717, 1.165) is 5.56 Å². The van der Waals surface area contributed by atoms with Crippen molar-refractivity contribution in [3.05, 3.63) is 63.6 Å². The zero-order valence-electron chi connectivity index (χ0n) is 12.6. The van der Waals surface area contributed by atoms with Crippen LogP contribution in [-0.4, -0.2) is 23.8 Å². The number of carbonyl (C=O) groups excluding carboxylic acids is 1. The summed E-state index contributed by atoms with van der Waals surface area (Å²) in [7, 11) is 0. The van der Waals surface area contributed by atoms with Gasteiger partial charge in [0.1, 0.15) is 18.5 Å². The molecule has 2 atom stereocenters. The first kappa shape index (κ1) is 16.9. The van der Waals surface area contributed by atoms with E-state index in [0.29, 0.717) is 21.4 Å². The first-order chi connectivity index (χ1) is 11.5. The van der Waals surface area contributed by atoms with Gasteiger partial charge in [0.25, 0.3) is 0 Å². The molecule has 3 rings (SSSR count). The van der Waals surface area contributed by atoms with Gasteiger partial charge in [-0.05, 0) is 23.8 Å². The fraction of sp³-hybridized carbons (Fsp3) is 0.235. The van der Waals surface area contributed by atoms with Gasteiger partial charge in [0.2, 0.25) is 0 Å². The van der Waals surface area contributed by atoms with Gasteiger partial charge in [0.05, 0.1) is 6.04 Å². The Balaban J connectivity index is 1.57. The van der Waals surface area contributed by atoms with Crippen LogP contribution in [0, 0.1) is 0 Å². The summed E-state index contributed by atoms with van der Waals surface area (Å²) in [4.78, 5) is 12.1. The number of halogens is 2. The molecule has 1 heterocycles. The molecule has 0 aromatic heterocycles. The zero-order chi connectivity index (χ0) is 17.1.